The predicted molar refractivity (Wildman–Crippen MR) is 74.7 cm³/mol. The monoisotopic (exact) mass is 263 g/mol. The lowest BCUT2D eigenvalue weighted by Gasteiger charge is -2.39. The van der Waals surface area contributed by atoms with Gasteiger partial charge in [-0.05, 0) is 24.8 Å². The summed E-state index contributed by atoms with van der Waals surface area (Å²) in [6.45, 7) is 11.1. The molecule has 1 aromatic rings. The van der Waals surface area contributed by atoms with Crippen LogP contribution in [-0.2, 0) is 13.1 Å². The zero-order valence-corrected chi connectivity index (χ0v) is 12.3. The van der Waals surface area contributed by atoms with Crippen molar-refractivity contribution >= 4 is 0 Å². The number of nitrogens with zero attached hydrogens (tertiary/aromatic N) is 4. The number of hydrogen-bond acceptors (Lipinski definition) is 4. The molecule has 1 aliphatic carbocycles. The molecule has 19 heavy (non-hydrogen) atoms. The smallest absolute Gasteiger partial charge is 0.147 e. The molecule has 1 fully saturated rings. The first-order chi connectivity index (χ1) is 9.12. The molecule has 1 saturated carbocycles. The van der Waals surface area contributed by atoms with E-state index < -0.39 is 0 Å². The highest BCUT2D eigenvalue weighted by Gasteiger charge is 2.44. The third kappa shape index (κ3) is 2.30. The minimum absolute atomic E-state index is 0.395. The average Bonchev–Trinajstić information content (AvgIpc) is 2.95. The van der Waals surface area contributed by atoms with Crippen molar-refractivity contribution in [2.75, 3.05) is 13.1 Å². The summed E-state index contributed by atoms with van der Waals surface area (Å²) in [4.78, 5) is 2.60. The Balaban J connectivity index is 1.76. The molecule has 0 bridgehead atoms. The van der Waals surface area contributed by atoms with Crippen LogP contribution in [0.3, 0.4) is 0 Å². The van der Waals surface area contributed by atoms with Gasteiger partial charge < -0.3 is 9.88 Å². The van der Waals surface area contributed by atoms with Crippen LogP contribution in [-0.4, -0.2) is 44.8 Å². The van der Waals surface area contributed by atoms with Gasteiger partial charge in [-0.25, -0.2) is 0 Å². The summed E-state index contributed by atoms with van der Waals surface area (Å²) >= 11 is 0. The molecule has 5 heteroatoms. The van der Waals surface area contributed by atoms with E-state index in [2.05, 4.69) is 45.8 Å². The molecule has 0 saturated heterocycles. The van der Waals surface area contributed by atoms with Crippen LogP contribution < -0.4 is 5.32 Å². The van der Waals surface area contributed by atoms with Crippen LogP contribution in [0.4, 0.5) is 0 Å². The SMILES string of the molecule is CCNC1C(N2CCn3cnnc3C2)CCC1(C)C. The quantitative estimate of drug-likeness (QED) is 0.892. The van der Waals surface area contributed by atoms with Gasteiger partial charge in [0.15, 0.2) is 0 Å². The van der Waals surface area contributed by atoms with Crippen molar-refractivity contribution in [2.45, 2.75) is 58.8 Å². The highest BCUT2D eigenvalue weighted by atomic mass is 15.3. The summed E-state index contributed by atoms with van der Waals surface area (Å²) in [5.74, 6) is 1.12. The zero-order valence-electron chi connectivity index (χ0n) is 12.3. The zero-order chi connectivity index (χ0) is 13.5. The summed E-state index contributed by atoms with van der Waals surface area (Å²) in [6, 6.07) is 1.23. The molecule has 0 aromatic carbocycles. The number of likely N-dealkylation sites (N-methyl/N-ethyl adjacent to an activating group) is 1. The molecule has 2 unspecified atom stereocenters. The second-order valence-corrected chi connectivity index (χ2v) is 6.54. The second kappa shape index (κ2) is 4.87. The Kier molecular flexibility index (Phi) is 3.35. The molecule has 0 spiro atoms. The van der Waals surface area contributed by atoms with E-state index in [1.807, 2.05) is 6.33 Å². The fourth-order valence-electron chi connectivity index (χ4n) is 3.76. The number of rotatable bonds is 3. The molecule has 0 amide bonds. The molecule has 2 heterocycles. The van der Waals surface area contributed by atoms with Crippen LogP contribution in [0.25, 0.3) is 0 Å². The molecule has 2 atom stereocenters. The number of nitrogens with one attached hydrogen (secondary N) is 1. The van der Waals surface area contributed by atoms with Gasteiger partial charge in [0.2, 0.25) is 0 Å². The molecular weight excluding hydrogens is 238 g/mol. The van der Waals surface area contributed by atoms with Gasteiger partial charge in [0.25, 0.3) is 0 Å². The number of aromatic nitrogens is 3. The van der Waals surface area contributed by atoms with Crippen molar-refractivity contribution in [3.63, 3.8) is 0 Å². The molecule has 1 N–H and O–H groups in total. The molecule has 1 aliphatic heterocycles. The normalized spacial score (nSPS) is 30.5. The van der Waals surface area contributed by atoms with Crippen LogP contribution in [0.1, 0.15) is 39.4 Å². The van der Waals surface area contributed by atoms with Gasteiger partial charge in [0.05, 0.1) is 6.54 Å². The highest BCUT2D eigenvalue weighted by Crippen LogP contribution is 2.40. The van der Waals surface area contributed by atoms with Crippen molar-refractivity contribution in [1.82, 2.24) is 25.0 Å². The maximum absolute atomic E-state index is 4.24. The first kappa shape index (κ1) is 13.1. The van der Waals surface area contributed by atoms with E-state index >= 15 is 0 Å². The van der Waals surface area contributed by atoms with E-state index in [0.29, 0.717) is 17.5 Å². The summed E-state index contributed by atoms with van der Waals surface area (Å²) in [5, 5.41) is 12.0. The summed E-state index contributed by atoms with van der Waals surface area (Å²) < 4.78 is 2.18. The summed E-state index contributed by atoms with van der Waals surface area (Å²) in [6.07, 6.45) is 4.45. The minimum atomic E-state index is 0.395. The largest absolute Gasteiger partial charge is 0.315 e. The van der Waals surface area contributed by atoms with Crippen LogP contribution in [0, 0.1) is 5.41 Å². The summed E-state index contributed by atoms with van der Waals surface area (Å²) in [7, 11) is 0. The third-order valence-corrected chi connectivity index (χ3v) is 4.87. The van der Waals surface area contributed by atoms with Crippen molar-refractivity contribution in [2.24, 2.45) is 5.41 Å². The van der Waals surface area contributed by atoms with Gasteiger partial charge in [0, 0.05) is 25.2 Å². The van der Waals surface area contributed by atoms with Gasteiger partial charge in [-0.3, -0.25) is 4.90 Å². The molecular formula is C14H25N5. The molecule has 3 rings (SSSR count). The first-order valence-electron chi connectivity index (χ1n) is 7.46. The van der Waals surface area contributed by atoms with E-state index in [1.165, 1.54) is 12.8 Å². The second-order valence-electron chi connectivity index (χ2n) is 6.54. The van der Waals surface area contributed by atoms with Crippen LogP contribution in [0.15, 0.2) is 6.33 Å². The van der Waals surface area contributed by atoms with Crippen molar-refractivity contribution in [1.29, 1.82) is 0 Å². The van der Waals surface area contributed by atoms with E-state index in [-0.39, 0.29) is 0 Å². The highest BCUT2D eigenvalue weighted by molar-refractivity contribution is 5.03. The van der Waals surface area contributed by atoms with Gasteiger partial charge in [0.1, 0.15) is 12.2 Å². The predicted octanol–water partition coefficient (Wildman–Crippen LogP) is 1.26. The van der Waals surface area contributed by atoms with Crippen LogP contribution in [0.5, 0.6) is 0 Å². The Bertz CT molecular complexity index is 439. The fraction of sp³-hybridized carbons (Fsp3) is 0.857. The lowest BCUT2D eigenvalue weighted by atomic mass is 9.86. The van der Waals surface area contributed by atoms with Crippen molar-refractivity contribution < 1.29 is 0 Å². The Morgan fingerprint density at radius 2 is 2.26 bits per heavy atom. The van der Waals surface area contributed by atoms with Crippen molar-refractivity contribution in [3.8, 4) is 0 Å². The Morgan fingerprint density at radius 3 is 3.05 bits per heavy atom. The summed E-state index contributed by atoms with van der Waals surface area (Å²) in [5.41, 5.74) is 0.395. The number of hydrogen-bond donors (Lipinski definition) is 1. The molecule has 2 aliphatic rings. The third-order valence-electron chi connectivity index (χ3n) is 4.87. The first-order valence-corrected chi connectivity index (χ1v) is 7.46. The standard InChI is InChI=1S/C14H25N5/c1-4-15-13-11(5-6-14(13,2)3)18-7-8-19-10-16-17-12(19)9-18/h10-11,13,15H,4-9H2,1-3H3. The van der Waals surface area contributed by atoms with E-state index in [9.17, 15) is 0 Å². The number of fused-ring (bicyclic) bond motifs is 1. The average molecular weight is 263 g/mol. The fourth-order valence-corrected chi connectivity index (χ4v) is 3.76. The topological polar surface area (TPSA) is 46.0 Å². The van der Waals surface area contributed by atoms with Crippen LogP contribution in [0.2, 0.25) is 0 Å². The molecule has 5 nitrogen and oxygen atoms in total. The molecule has 106 valence electrons. The maximum Gasteiger partial charge on any atom is 0.147 e. The minimum Gasteiger partial charge on any atom is -0.315 e. The van der Waals surface area contributed by atoms with Gasteiger partial charge in [-0.2, -0.15) is 0 Å². The Hall–Kier alpha value is -0.940. The van der Waals surface area contributed by atoms with Gasteiger partial charge >= 0.3 is 0 Å². The lowest BCUT2D eigenvalue weighted by molar-refractivity contribution is 0.114. The maximum atomic E-state index is 4.24. The van der Waals surface area contributed by atoms with Crippen molar-refractivity contribution in [3.05, 3.63) is 12.2 Å². The lowest BCUT2D eigenvalue weighted by Crippen LogP contribution is -2.53. The van der Waals surface area contributed by atoms with Gasteiger partial charge in [-0.15, -0.1) is 10.2 Å². The Morgan fingerprint density at radius 1 is 1.42 bits per heavy atom. The van der Waals surface area contributed by atoms with Crippen LogP contribution >= 0.6 is 0 Å². The molecule has 1 aromatic heterocycles. The Labute approximate surface area is 115 Å². The van der Waals surface area contributed by atoms with E-state index in [0.717, 1.165) is 32.0 Å². The van der Waals surface area contributed by atoms with E-state index in [1.54, 1.807) is 0 Å². The van der Waals surface area contributed by atoms with Gasteiger partial charge in [-0.1, -0.05) is 20.8 Å². The molecule has 0 radical (unpaired) electrons. The van der Waals surface area contributed by atoms with E-state index in [4.69, 9.17) is 0 Å².